The summed E-state index contributed by atoms with van der Waals surface area (Å²) >= 11 is 0. The van der Waals surface area contributed by atoms with E-state index in [-0.39, 0.29) is 0 Å². The number of ether oxygens (including phenoxy) is 3. The summed E-state index contributed by atoms with van der Waals surface area (Å²) in [5, 5.41) is 5.08. The number of furan rings is 1. The number of fused-ring (bicyclic) bond motifs is 2. The highest BCUT2D eigenvalue weighted by Crippen LogP contribution is 2.38. The summed E-state index contributed by atoms with van der Waals surface area (Å²) in [6.07, 6.45) is 3.15. The highest BCUT2D eigenvalue weighted by molar-refractivity contribution is 5.99. The van der Waals surface area contributed by atoms with Crippen LogP contribution in [0.25, 0.3) is 21.9 Å². The molecule has 2 heterocycles. The van der Waals surface area contributed by atoms with Crippen LogP contribution >= 0.6 is 0 Å². The van der Waals surface area contributed by atoms with Gasteiger partial charge in [-0.05, 0) is 36.4 Å². The molecule has 0 spiro atoms. The van der Waals surface area contributed by atoms with Crippen LogP contribution in [0.5, 0.6) is 23.0 Å². The normalized spacial score (nSPS) is 10.9. The number of aromatic nitrogens is 2. The van der Waals surface area contributed by atoms with Crippen molar-refractivity contribution in [1.29, 1.82) is 0 Å². The maximum Gasteiger partial charge on any atom is 0.178 e. The molecule has 0 saturated carbocycles. The Morgan fingerprint density at radius 1 is 0.806 bits per heavy atom. The highest BCUT2D eigenvalue weighted by Gasteiger charge is 2.15. The molecule has 3 aromatic carbocycles. The topological polar surface area (TPSA) is 78.6 Å². The van der Waals surface area contributed by atoms with E-state index < -0.39 is 0 Å². The summed E-state index contributed by atoms with van der Waals surface area (Å²) in [6.45, 7) is 0. The number of hydrogen-bond acceptors (Lipinski definition) is 7. The fourth-order valence-electron chi connectivity index (χ4n) is 3.45. The van der Waals surface area contributed by atoms with Gasteiger partial charge in [-0.2, -0.15) is 0 Å². The molecule has 0 bridgehead atoms. The minimum absolute atomic E-state index is 0.605. The lowest BCUT2D eigenvalue weighted by Crippen LogP contribution is -1.98. The molecule has 0 saturated heterocycles. The number of anilines is 2. The summed E-state index contributed by atoms with van der Waals surface area (Å²) in [6, 6.07) is 19.0. The van der Waals surface area contributed by atoms with Crippen LogP contribution < -0.4 is 19.5 Å². The molecular weight excluding hydrogens is 394 g/mol. The first kappa shape index (κ1) is 18.7. The van der Waals surface area contributed by atoms with Gasteiger partial charge in [0, 0.05) is 16.8 Å². The van der Waals surface area contributed by atoms with Crippen LogP contribution in [0.15, 0.2) is 77.7 Å². The van der Waals surface area contributed by atoms with Crippen LogP contribution in [-0.4, -0.2) is 24.2 Å². The van der Waals surface area contributed by atoms with Gasteiger partial charge < -0.3 is 23.9 Å². The zero-order valence-corrected chi connectivity index (χ0v) is 17.0. The van der Waals surface area contributed by atoms with Crippen molar-refractivity contribution in [3.05, 3.63) is 73.3 Å². The maximum absolute atomic E-state index is 6.00. The number of rotatable bonds is 6. The molecular formula is C24H19N3O4. The monoisotopic (exact) mass is 413 g/mol. The van der Waals surface area contributed by atoms with Crippen LogP contribution in [0.2, 0.25) is 0 Å². The Bertz CT molecular complexity index is 1370. The first-order chi connectivity index (χ1) is 15.3. The predicted molar refractivity (Wildman–Crippen MR) is 119 cm³/mol. The number of benzene rings is 3. The van der Waals surface area contributed by atoms with Crippen molar-refractivity contribution in [2.75, 3.05) is 19.5 Å². The van der Waals surface area contributed by atoms with Gasteiger partial charge in [0.2, 0.25) is 0 Å². The van der Waals surface area contributed by atoms with E-state index in [1.54, 1.807) is 20.5 Å². The first-order valence-corrected chi connectivity index (χ1v) is 9.63. The third kappa shape index (κ3) is 3.46. The molecule has 7 nitrogen and oxygen atoms in total. The fourth-order valence-corrected chi connectivity index (χ4v) is 3.45. The van der Waals surface area contributed by atoms with Crippen molar-refractivity contribution in [2.45, 2.75) is 0 Å². The van der Waals surface area contributed by atoms with Crippen molar-refractivity contribution in [3.8, 4) is 23.0 Å². The molecule has 0 amide bonds. The molecule has 31 heavy (non-hydrogen) atoms. The van der Waals surface area contributed by atoms with Crippen molar-refractivity contribution in [1.82, 2.24) is 9.97 Å². The lowest BCUT2D eigenvalue weighted by molar-refractivity contribution is 0.356. The Hall–Kier alpha value is -4.26. The Morgan fingerprint density at radius 2 is 1.61 bits per heavy atom. The van der Waals surface area contributed by atoms with Gasteiger partial charge in [0.05, 0.1) is 31.7 Å². The number of nitrogens with one attached hydrogen (secondary N) is 1. The Balaban J connectivity index is 1.55. The summed E-state index contributed by atoms with van der Waals surface area (Å²) in [5.41, 5.74) is 2.22. The van der Waals surface area contributed by atoms with E-state index in [0.717, 1.165) is 27.7 Å². The largest absolute Gasteiger partial charge is 0.493 e. The Morgan fingerprint density at radius 3 is 2.42 bits per heavy atom. The molecule has 0 fully saturated rings. The lowest BCUT2D eigenvalue weighted by Gasteiger charge is -2.13. The Labute approximate surface area is 178 Å². The zero-order valence-electron chi connectivity index (χ0n) is 17.0. The third-order valence-corrected chi connectivity index (χ3v) is 4.95. The summed E-state index contributed by atoms with van der Waals surface area (Å²) in [7, 11) is 3.19. The second kappa shape index (κ2) is 7.87. The smallest absolute Gasteiger partial charge is 0.178 e. The number of hydrogen-bond donors (Lipinski definition) is 1. The van der Waals surface area contributed by atoms with Crippen LogP contribution in [0.1, 0.15) is 0 Å². The number of para-hydroxylation sites is 1. The fraction of sp³-hybridized carbons (Fsp3) is 0.0833. The quantitative estimate of drug-likeness (QED) is 0.370. The molecule has 154 valence electrons. The summed E-state index contributed by atoms with van der Waals surface area (Å²) < 4.78 is 22.5. The molecule has 0 unspecified atom stereocenters. The number of nitrogens with zero attached hydrogens (tertiary/aromatic N) is 2. The highest BCUT2D eigenvalue weighted by atomic mass is 16.5. The van der Waals surface area contributed by atoms with Gasteiger partial charge in [-0.1, -0.05) is 18.2 Å². The first-order valence-electron chi connectivity index (χ1n) is 9.63. The average Bonchev–Trinajstić information content (AvgIpc) is 3.31. The summed E-state index contributed by atoms with van der Waals surface area (Å²) in [5.74, 6) is 3.23. The molecule has 5 rings (SSSR count). The zero-order chi connectivity index (χ0) is 21.2. The van der Waals surface area contributed by atoms with Crippen LogP contribution in [0.4, 0.5) is 11.5 Å². The molecule has 2 aromatic heterocycles. The van der Waals surface area contributed by atoms with E-state index in [4.69, 9.17) is 18.6 Å². The van der Waals surface area contributed by atoms with Gasteiger partial charge in [-0.25, -0.2) is 9.97 Å². The van der Waals surface area contributed by atoms with Gasteiger partial charge >= 0.3 is 0 Å². The van der Waals surface area contributed by atoms with E-state index in [0.29, 0.717) is 28.6 Å². The molecule has 0 radical (unpaired) electrons. The van der Waals surface area contributed by atoms with Crippen LogP contribution in [0.3, 0.4) is 0 Å². The molecule has 5 aromatic rings. The van der Waals surface area contributed by atoms with E-state index in [1.165, 1.54) is 6.33 Å². The van der Waals surface area contributed by atoms with E-state index in [9.17, 15) is 0 Å². The minimum atomic E-state index is 0.605. The van der Waals surface area contributed by atoms with E-state index >= 15 is 0 Å². The van der Waals surface area contributed by atoms with Gasteiger partial charge in [-0.15, -0.1) is 0 Å². The van der Waals surface area contributed by atoms with Crippen molar-refractivity contribution >= 4 is 33.4 Å². The SMILES string of the molecule is COc1cc2ncnc(Nc3ccc(Oc4ccccc4)c4occc34)c2cc1OC. The second-order valence-electron chi connectivity index (χ2n) is 6.76. The molecule has 1 N–H and O–H groups in total. The average molecular weight is 413 g/mol. The van der Waals surface area contributed by atoms with Crippen molar-refractivity contribution < 1.29 is 18.6 Å². The minimum Gasteiger partial charge on any atom is -0.493 e. The summed E-state index contributed by atoms with van der Waals surface area (Å²) in [4.78, 5) is 8.79. The van der Waals surface area contributed by atoms with Gasteiger partial charge in [0.1, 0.15) is 17.9 Å². The van der Waals surface area contributed by atoms with Gasteiger partial charge in [0.15, 0.2) is 22.8 Å². The number of methoxy groups -OCH3 is 2. The maximum atomic E-state index is 6.00. The second-order valence-corrected chi connectivity index (χ2v) is 6.76. The molecule has 0 aliphatic carbocycles. The molecule has 0 aliphatic heterocycles. The molecule has 0 aliphatic rings. The van der Waals surface area contributed by atoms with Gasteiger partial charge in [-0.3, -0.25) is 0 Å². The molecule has 7 heteroatoms. The third-order valence-electron chi connectivity index (χ3n) is 4.95. The van der Waals surface area contributed by atoms with Gasteiger partial charge in [0.25, 0.3) is 0 Å². The van der Waals surface area contributed by atoms with Crippen molar-refractivity contribution in [3.63, 3.8) is 0 Å². The van der Waals surface area contributed by atoms with Crippen LogP contribution in [-0.2, 0) is 0 Å². The van der Waals surface area contributed by atoms with E-state index in [1.807, 2.05) is 60.7 Å². The lowest BCUT2D eigenvalue weighted by atomic mass is 10.1. The van der Waals surface area contributed by atoms with Crippen molar-refractivity contribution in [2.24, 2.45) is 0 Å². The van der Waals surface area contributed by atoms with E-state index in [2.05, 4.69) is 15.3 Å². The standard InChI is InChI=1S/C24H19N3O4/c1-28-21-12-17-19(13-22(21)29-2)25-14-26-24(17)27-18-8-9-20(23-16(18)10-11-30-23)31-15-6-4-3-5-7-15/h3-14H,1-2H3,(H,25,26,27). The Kier molecular flexibility index (Phi) is 4.76. The predicted octanol–water partition coefficient (Wildman–Crippen LogP) is 5.93. The van der Waals surface area contributed by atoms with Crippen LogP contribution in [0, 0.1) is 0 Å². The molecule has 0 atom stereocenters.